The van der Waals surface area contributed by atoms with Crippen LogP contribution in [-0.4, -0.2) is 38.3 Å². The number of hydroxylamine groups is 2. The number of ether oxygens (including phenoxy) is 2. The molecule has 2 amide bonds. The number of carbonyl (C=O) groups is 4. The molecule has 0 spiro atoms. The van der Waals surface area contributed by atoms with Gasteiger partial charge in [-0.05, 0) is 0 Å². The highest BCUT2D eigenvalue weighted by molar-refractivity contribution is 5.92. The average Bonchev–Trinajstić information content (AvgIpc) is 2.39. The molecular formula is C8H10N2O8. The van der Waals surface area contributed by atoms with Crippen molar-refractivity contribution in [1.29, 1.82) is 0 Å². The fraction of sp³-hybridized carbons (Fsp3) is 0.250. The van der Waals surface area contributed by atoms with Crippen LogP contribution >= 0.6 is 0 Å². The van der Waals surface area contributed by atoms with Crippen molar-refractivity contribution in [2.24, 2.45) is 0 Å². The Morgan fingerprint density at radius 3 is 1.39 bits per heavy atom. The van der Waals surface area contributed by atoms with Gasteiger partial charge in [0.2, 0.25) is 0 Å². The molecule has 0 aromatic heterocycles. The smallest absolute Gasteiger partial charge is 0.440 e. The number of hydrogen-bond donors (Lipinski definition) is 2. The van der Waals surface area contributed by atoms with Gasteiger partial charge in [-0.2, -0.15) is 0 Å². The molecule has 0 aromatic carbocycles. The SMILES string of the molecule is COC(=O)NOC(=O)/C=C/C(=O)ONC(=O)OC. The van der Waals surface area contributed by atoms with E-state index in [1.165, 1.54) is 0 Å². The number of amides is 2. The third kappa shape index (κ3) is 7.50. The number of carbonyl (C=O) groups excluding carboxylic acids is 4. The van der Waals surface area contributed by atoms with Gasteiger partial charge in [-0.25, -0.2) is 19.2 Å². The van der Waals surface area contributed by atoms with E-state index in [4.69, 9.17) is 0 Å². The Morgan fingerprint density at radius 2 is 1.11 bits per heavy atom. The third-order valence-corrected chi connectivity index (χ3v) is 1.20. The number of methoxy groups -OCH3 is 2. The quantitative estimate of drug-likeness (QED) is 0.374. The van der Waals surface area contributed by atoms with Crippen molar-refractivity contribution in [1.82, 2.24) is 11.0 Å². The summed E-state index contributed by atoms with van der Waals surface area (Å²) >= 11 is 0. The first-order chi connectivity index (χ1) is 8.49. The predicted octanol–water partition coefficient (Wildman–Crippen LogP) is -0.829. The van der Waals surface area contributed by atoms with Crippen LogP contribution in [0.4, 0.5) is 9.59 Å². The fourth-order valence-corrected chi connectivity index (χ4v) is 0.471. The second-order valence-electron chi connectivity index (χ2n) is 2.36. The van der Waals surface area contributed by atoms with E-state index < -0.39 is 24.1 Å². The monoisotopic (exact) mass is 262 g/mol. The molecule has 100 valence electrons. The Labute approximate surface area is 101 Å². The first-order valence-corrected chi connectivity index (χ1v) is 4.27. The largest absolute Gasteiger partial charge is 0.451 e. The minimum Gasteiger partial charge on any atom is -0.451 e. The van der Waals surface area contributed by atoms with Crippen LogP contribution in [0, 0.1) is 0 Å². The summed E-state index contributed by atoms with van der Waals surface area (Å²) in [4.78, 5) is 50.9. The first kappa shape index (κ1) is 15.2. The van der Waals surface area contributed by atoms with Crippen molar-refractivity contribution < 1.29 is 38.3 Å². The van der Waals surface area contributed by atoms with Gasteiger partial charge in [0.15, 0.2) is 0 Å². The molecule has 18 heavy (non-hydrogen) atoms. The number of hydrogen-bond acceptors (Lipinski definition) is 8. The van der Waals surface area contributed by atoms with Crippen molar-refractivity contribution in [3.8, 4) is 0 Å². The summed E-state index contributed by atoms with van der Waals surface area (Å²) in [5, 5.41) is 0. The van der Waals surface area contributed by atoms with Crippen molar-refractivity contribution in [2.45, 2.75) is 0 Å². The topological polar surface area (TPSA) is 129 Å². The lowest BCUT2D eigenvalue weighted by molar-refractivity contribution is -0.146. The molecule has 10 heteroatoms. The highest BCUT2D eigenvalue weighted by atomic mass is 16.7. The summed E-state index contributed by atoms with van der Waals surface area (Å²) in [5.41, 5.74) is 3.22. The highest BCUT2D eigenvalue weighted by Crippen LogP contribution is 1.83. The van der Waals surface area contributed by atoms with Gasteiger partial charge in [0.05, 0.1) is 14.2 Å². The summed E-state index contributed by atoms with van der Waals surface area (Å²) in [6.07, 6.45) is -0.688. The molecule has 0 aliphatic carbocycles. The van der Waals surface area contributed by atoms with Gasteiger partial charge in [-0.3, -0.25) is 0 Å². The van der Waals surface area contributed by atoms with E-state index in [2.05, 4.69) is 19.1 Å². The Bertz CT molecular complexity index is 330. The molecule has 0 unspecified atom stereocenters. The Kier molecular flexibility index (Phi) is 7.09. The summed E-state index contributed by atoms with van der Waals surface area (Å²) in [5.74, 6) is -2.12. The van der Waals surface area contributed by atoms with E-state index in [1.807, 2.05) is 0 Å². The molecule has 0 atom stereocenters. The zero-order valence-electron chi connectivity index (χ0n) is 9.42. The molecule has 0 radical (unpaired) electrons. The molecule has 0 aromatic rings. The van der Waals surface area contributed by atoms with E-state index in [0.717, 1.165) is 14.2 Å². The van der Waals surface area contributed by atoms with Crippen LogP contribution < -0.4 is 11.0 Å². The van der Waals surface area contributed by atoms with Crippen LogP contribution in [0.5, 0.6) is 0 Å². The average molecular weight is 262 g/mol. The highest BCUT2D eigenvalue weighted by Gasteiger charge is 2.05. The molecule has 0 aliphatic rings. The standard InChI is InChI=1S/C8H10N2O8/c1-15-7(13)9-17-5(11)3-4-6(12)18-10-8(14)16-2/h3-4H,1-2H3,(H,9,13)(H,10,14)/b4-3+. The summed E-state index contributed by atoms with van der Waals surface area (Å²) in [6, 6.07) is 0. The van der Waals surface area contributed by atoms with E-state index in [1.54, 1.807) is 11.0 Å². The van der Waals surface area contributed by atoms with Crippen LogP contribution in [0.25, 0.3) is 0 Å². The van der Waals surface area contributed by atoms with Crippen LogP contribution in [0.3, 0.4) is 0 Å². The van der Waals surface area contributed by atoms with E-state index in [-0.39, 0.29) is 0 Å². The van der Waals surface area contributed by atoms with Gasteiger partial charge in [-0.1, -0.05) is 0 Å². The first-order valence-electron chi connectivity index (χ1n) is 4.27. The lowest BCUT2D eigenvalue weighted by Crippen LogP contribution is -2.27. The zero-order chi connectivity index (χ0) is 14.0. The maximum atomic E-state index is 10.9. The van der Waals surface area contributed by atoms with Gasteiger partial charge < -0.3 is 19.1 Å². The molecule has 0 heterocycles. The second kappa shape index (κ2) is 8.38. The van der Waals surface area contributed by atoms with Crippen LogP contribution in [0.1, 0.15) is 0 Å². The van der Waals surface area contributed by atoms with Crippen molar-refractivity contribution >= 4 is 24.1 Å². The van der Waals surface area contributed by atoms with Crippen molar-refractivity contribution in [3.05, 3.63) is 12.2 Å². The molecule has 0 aliphatic heterocycles. The van der Waals surface area contributed by atoms with Crippen molar-refractivity contribution in [3.63, 3.8) is 0 Å². The number of rotatable bonds is 2. The van der Waals surface area contributed by atoms with Gasteiger partial charge in [0.1, 0.15) is 0 Å². The fourth-order valence-electron chi connectivity index (χ4n) is 0.471. The molecule has 0 bridgehead atoms. The lowest BCUT2D eigenvalue weighted by atomic mass is 10.5. The zero-order valence-corrected chi connectivity index (χ0v) is 9.42. The molecule has 0 rings (SSSR count). The van der Waals surface area contributed by atoms with E-state index in [9.17, 15) is 19.2 Å². The normalized spacial score (nSPS) is 9.22. The summed E-state index contributed by atoms with van der Waals surface area (Å²) in [6.45, 7) is 0. The maximum absolute atomic E-state index is 10.9. The van der Waals surface area contributed by atoms with Crippen LogP contribution in [0.2, 0.25) is 0 Å². The van der Waals surface area contributed by atoms with E-state index in [0.29, 0.717) is 12.2 Å². The number of nitrogens with one attached hydrogen (secondary N) is 2. The van der Waals surface area contributed by atoms with Crippen LogP contribution in [0.15, 0.2) is 12.2 Å². The Hall–Kier alpha value is -2.78. The Balaban J connectivity index is 3.92. The minimum absolute atomic E-state index is 0.650. The molecule has 0 fully saturated rings. The second-order valence-corrected chi connectivity index (χ2v) is 2.36. The molecule has 2 N–H and O–H groups in total. The van der Waals surface area contributed by atoms with E-state index >= 15 is 0 Å². The van der Waals surface area contributed by atoms with Gasteiger partial charge in [0, 0.05) is 12.2 Å². The minimum atomic E-state index is -1.06. The molecule has 10 nitrogen and oxygen atoms in total. The third-order valence-electron chi connectivity index (χ3n) is 1.20. The van der Waals surface area contributed by atoms with Crippen molar-refractivity contribution in [2.75, 3.05) is 14.2 Å². The molecule has 0 saturated heterocycles. The molecular weight excluding hydrogens is 252 g/mol. The maximum Gasteiger partial charge on any atom is 0.440 e. The Morgan fingerprint density at radius 1 is 0.778 bits per heavy atom. The lowest BCUT2D eigenvalue weighted by Gasteiger charge is -2.01. The summed E-state index contributed by atoms with van der Waals surface area (Å²) in [7, 11) is 2.13. The predicted molar refractivity (Wildman–Crippen MR) is 52.4 cm³/mol. The van der Waals surface area contributed by atoms with Gasteiger partial charge >= 0.3 is 24.1 Å². The van der Waals surface area contributed by atoms with Gasteiger partial charge in [0.25, 0.3) is 0 Å². The van der Waals surface area contributed by atoms with Gasteiger partial charge in [-0.15, -0.1) is 11.0 Å². The molecule has 0 saturated carbocycles. The van der Waals surface area contributed by atoms with Crippen LogP contribution in [-0.2, 0) is 28.7 Å². The summed E-state index contributed by atoms with van der Waals surface area (Å²) < 4.78 is 8.20.